The molecule has 1 aromatic rings. The molecule has 2 aliphatic heterocycles. The molecule has 0 radical (unpaired) electrons. The van der Waals surface area contributed by atoms with Crippen molar-refractivity contribution in [3.63, 3.8) is 0 Å². The van der Waals surface area contributed by atoms with E-state index in [1.165, 1.54) is 0 Å². The van der Waals surface area contributed by atoms with Crippen molar-refractivity contribution >= 4 is 22.4 Å². The first kappa shape index (κ1) is 12.8. The maximum absolute atomic E-state index is 12.3. The summed E-state index contributed by atoms with van der Waals surface area (Å²) >= 11 is 1.58. The highest BCUT2D eigenvalue weighted by Crippen LogP contribution is 2.40. The quantitative estimate of drug-likeness (QED) is 0.828. The van der Waals surface area contributed by atoms with Gasteiger partial charge in [0, 0.05) is 25.6 Å². The maximum Gasteiger partial charge on any atom is 0.225 e. The first-order valence-corrected chi connectivity index (χ1v) is 7.83. The van der Waals surface area contributed by atoms with Crippen molar-refractivity contribution in [1.29, 1.82) is 0 Å². The Balaban J connectivity index is 1.76. The van der Waals surface area contributed by atoms with E-state index in [2.05, 4.69) is 20.0 Å². The second-order valence-corrected chi connectivity index (χ2v) is 6.68. The summed E-state index contributed by atoms with van der Waals surface area (Å²) in [5.74, 6) is 0.388. The number of rotatable bonds is 2. The van der Waals surface area contributed by atoms with Crippen LogP contribution >= 0.6 is 11.3 Å². The summed E-state index contributed by atoms with van der Waals surface area (Å²) in [5.41, 5.74) is 1.83. The molecule has 3 rings (SSSR count). The zero-order chi connectivity index (χ0) is 13.5. The van der Waals surface area contributed by atoms with Crippen molar-refractivity contribution in [1.82, 2.24) is 15.1 Å². The van der Waals surface area contributed by atoms with Crippen LogP contribution in [-0.2, 0) is 4.79 Å². The molecule has 6 heteroatoms. The van der Waals surface area contributed by atoms with Gasteiger partial charge in [0.15, 0.2) is 0 Å². The highest BCUT2D eigenvalue weighted by molar-refractivity contribution is 7.13. The number of hydrogen-bond donors (Lipinski definition) is 0. The second kappa shape index (κ2) is 4.74. The van der Waals surface area contributed by atoms with Crippen molar-refractivity contribution in [2.45, 2.75) is 38.6 Å². The SMILES string of the molecule is CC(C)C(=O)N1CC[C@@]12CCCN(c1nncs1)C2. The van der Waals surface area contributed by atoms with Gasteiger partial charge in [-0.05, 0) is 19.3 Å². The normalized spacial score (nSPS) is 26.9. The maximum atomic E-state index is 12.3. The van der Waals surface area contributed by atoms with Crippen LogP contribution in [0.2, 0.25) is 0 Å². The number of hydrogen-bond acceptors (Lipinski definition) is 5. The van der Waals surface area contributed by atoms with Crippen LogP contribution in [0.4, 0.5) is 5.13 Å². The van der Waals surface area contributed by atoms with E-state index in [0.717, 1.165) is 44.0 Å². The molecule has 0 N–H and O–H groups in total. The highest BCUT2D eigenvalue weighted by Gasteiger charge is 2.50. The number of anilines is 1. The summed E-state index contributed by atoms with van der Waals surface area (Å²) in [7, 11) is 0. The number of carbonyl (C=O) groups is 1. The van der Waals surface area contributed by atoms with Gasteiger partial charge >= 0.3 is 0 Å². The predicted octanol–water partition coefficient (Wildman–Crippen LogP) is 1.77. The Labute approximate surface area is 117 Å². The fraction of sp³-hybridized carbons (Fsp3) is 0.769. The summed E-state index contributed by atoms with van der Waals surface area (Å²) < 4.78 is 0. The van der Waals surface area contributed by atoms with Crippen LogP contribution in [0, 0.1) is 5.92 Å². The smallest absolute Gasteiger partial charge is 0.225 e. The van der Waals surface area contributed by atoms with Gasteiger partial charge in [0.05, 0.1) is 5.54 Å². The summed E-state index contributed by atoms with van der Waals surface area (Å²) in [4.78, 5) is 16.7. The fourth-order valence-corrected chi connectivity index (χ4v) is 3.79. The molecule has 2 aliphatic rings. The largest absolute Gasteiger partial charge is 0.344 e. The Kier molecular flexibility index (Phi) is 3.20. The molecule has 3 heterocycles. The summed E-state index contributed by atoms with van der Waals surface area (Å²) in [6, 6.07) is 0. The van der Waals surface area contributed by atoms with Crippen LogP contribution in [0.1, 0.15) is 33.1 Å². The number of likely N-dealkylation sites (tertiary alicyclic amines) is 1. The lowest BCUT2D eigenvalue weighted by Crippen LogP contribution is -2.69. The Bertz CT molecular complexity index is 461. The zero-order valence-corrected chi connectivity index (χ0v) is 12.3. The minimum absolute atomic E-state index is 0.0608. The van der Waals surface area contributed by atoms with Crippen LogP contribution in [0.5, 0.6) is 0 Å². The minimum atomic E-state index is 0.0608. The van der Waals surface area contributed by atoms with Gasteiger partial charge in [-0.2, -0.15) is 0 Å². The average Bonchev–Trinajstić information content (AvgIpc) is 2.91. The molecule has 2 fully saturated rings. The van der Waals surface area contributed by atoms with Gasteiger partial charge in [-0.1, -0.05) is 25.2 Å². The standard InChI is InChI=1S/C13H20N4OS/c1-10(2)11(18)17-7-5-13(17)4-3-6-16(8-13)12-15-14-9-19-12/h9-10H,3-8H2,1-2H3/t13-/m1/s1. The molecule has 1 spiro atoms. The van der Waals surface area contributed by atoms with E-state index in [9.17, 15) is 4.79 Å². The molecule has 0 saturated carbocycles. The molecule has 1 aromatic heterocycles. The molecule has 1 atom stereocenters. The molecule has 5 nitrogen and oxygen atoms in total. The fourth-order valence-electron chi connectivity index (χ4n) is 3.20. The average molecular weight is 280 g/mol. The monoisotopic (exact) mass is 280 g/mol. The Morgan fingerprint density at radius 1 is 1.42 bits per heavy atom. The van der Waals surface area contributed by atoms with Crippen LogP contribution < -0.4 is 4.90 Å². The van der Waals surface area contributed by atoms with Crippen LogP contribution in [0.15, 0.2) is 5.51 Å². The van der Waals surface area contributed by atoms with E-state index >= 15 is 0 Å². The van der Waals surface area contributed by atoms with Gasteiger partial charge in [-0.3, -0.25) is 4.79 Å². The molecule has 1 amide bonds. The molecule has 0 bridgehead atoms. The minimum Gasteiger partial charge on any atom is -0.344 e. The van der Waals surface area contributed by atoms with Crippen molar-refractivity contribution in [2.75, 3.05) is 24.5 Å². The lowest BCUT2D eigenvalue weighted by atomic mass is 9.77. The Hall–Kier alpha value is -1.17. The van der Waals surface area contributed by atoms with E-state index < -0.39 is 0 Å². The summed E-state index contributed by atoms with van der Waals surface area (Å²) in [5, 5.41) is 9.07. The van der Waals surface area contributed by atoms with Gasteiger partial charge in [0.25, 0.3) is 0 Å². The zero-order valence-electron chi connectivity index (χ0n) is 11.5. The molecule has 19 heavy (non-hydrogen) atoms. The first-order valence-electron chi connectivity index (χ1n) is 6.95. The van der Waals surface area contributed by atoms with Crippen molar-refractivity contribution < 1.29 is 4.79 Å². The van der Waals surface area contributed by atoms with Gasteiger partial charge in [-0.25, -0.2) is 0 Å². The van der Waals surface area contributed by atoms with Gasteiger partial charge in [0.1, 0.15) is 5.51 Å². The molecular weight excluding hydrogens is 260 g/mol. The third kappa shape index (κ3) is 2.12. The van der Waals surface area contributed by atoms with E-state index in [1.54, 1.807) is 16.8 Å². The number of carbonyl (C=O) groups excluding carboxylic acids is 1. The predicted molar refractivity (Wildman–Crippen MR) is 75.3 cm³/mol. The molecule has 2 saturated heterocycles. The van der Waals surface area contributed by atoms with E-state index in [1.807, 2.05) is 13.8 Å². The van der Waals surface area contributed by atoms with Gasteiger partial charge in [-0.15, -0.1) is 10.2 Å². The number of piperidine rings is 1. The Morgan fingerprint density at radius 3 is 2.84 bits per heavy atom. The topological polar surface area (TPSA) is 49.3 Å². The van der Waals surface area contributed by atoms with Crippen LogP contribution in [0.25, 0.3) is 0 Å². The first-order chi connectivity index (χ1) is 9.12. The second-order valence-electron chi connectivity index (χ2n) is 5.87. The van der Waals surface area contributed by atoms with Crippen molar-refractivity contribution in [3.05, 3.63) is 5.51 Å². The lowest BCUT2D eigenvalue weighted by Gasteiger charge is -2.57. The van der Waals surface area contributed by atoms with Crippen molar-refractivity contribution in [3.8, 4) is 0 Å². The number of aromatic nitrogens is 2. The molecule has 0 aromatic carbocycles. The van der Waals surface area contributed by atoms with Crippen LogP contribution in [-0.4, -0.2) is 46.2 Å². The molecular formula is C13H20N4OS. The third-order valence-electron chi connectivity index (χ3n) is 4.31. The number of nitrogens with zero attached hydrogens (tertiary/aromatic N) is 4. The lowest BCUT2D eigenvalue weighted by molar-refractivity contribution is -0.151. The van der Waals surface area contributed by atoms with E-state index in [4.69, 9.17) is 0 Å². The molecule has 0 unspecified atom stereocenters. The van der Waals surface area contributed by atoms with Gasteiger partial charge < -0.3 is 9.80 Å². The van der Waals surface area contributed by atoms with E-state index in [0.29, 0.717) is 5.91 Å². The summed E-state index contributed by atoms with van der Waals surface area (Å²) in [6.45, 7) is 6.83. The molecule has 104 valence electrons. The third-order valence-corrected chi connectivity index (χ3v) is 5.06. The van der Waals surface area contributed by atoms with Crippen molar-refractivity contribution in [2.24, 2.45) is 5.92 Å². The molecule has 0 aliphatic carbocycles. The Morgan fingerprint density at radius 2 is 2.26 bits per heavy atom. The van der Waals surface area contributed by atoms with Gasteiger partial charge in [0.2, 0.25) is 11.0 Å². The highest BCUT2D eigenvalue weighted by atomic mass is 32.1. The van der Waals surface area contributed by atoms with E-state index in [-0.39, 0.29) is 11.5 Å². The van der Waals surface area contributed by atoms with Crippen LogP contribution in [0.3, 0.4) is 0 Å². The summed E-state index contributed by atoms with van der Waals surface area (Å²) in [6.07, 6.45) is 3.38. The number of amides is 1.